The summed E-state index contributed by atoms with van der Waals surface area (Å²) in [5.74, 6) is -0.689. The van der Waals surface area contributed by atoms with Crippen molar-refractivity contribution in [2.45, 2.75) is 24.8 Å². The van der Waals surface area contributed by atoms with E-state index in [1.807, 2.05) is 6.92 Å². The van der Waals surface area contributed by atoms with Crippen molar-refractivity contribution in [3.8, 4) is 0 Å². The zero-order valence-electron chi connectivity index (χ0n) is 10.9. The van der Waals surface area contributed by atoms with E-state index in [1.165, 1.54) is 16.4 Å². The van der Waals surface area contributed by atoms with Crippen LogP contribution in [0.2, 0.25) is 0 Å². The van der Waals surface area contributed by atoms with Crippen LogP contribution in [-0.2, 0) is 10.0 Å². The molecule has 1 atom stereocenters. The average Bonchev–Trinajstić information content (AvgIpc) is 2.32. The van der Waals surface area contributed by atoms with Crippen molar-refractivity contribution in [1.82, 2.24) is 9.62 Å². The van der Waals surface area contributed by atoms with E-state index in [1.54, 1.807) is 13.0 Å². The molecule has 1 aliphatic heterocycles. The Morgan fingerprint density at radius 3 is 2.74 bits per heavy atom. The van der Waals surface area contributed by atoms with Crippen molar-refractivity contribution in [1.29, 1.82) is 0 Å². The molecule has 1 aromatic carbocycles. The van der Waals surface area contributed by atoms with E-state index in [4.69, 9.17) is 0 Å². The number of benzene rings is 1. The van der Waals surface area contributed by atoms with Gasteiger partial charge in [-0.2, -0.15) is 4.31 Å². The van der Waals surface area contributed by atoms with Gasteiger partial charge >= 0.3 is 0 Å². The number of hydrogen-bond donors (Lipinski definition) is 1. The highest BCUT2D eigenvalue weighted by Gasteiger charge is 2.32. The van der Waals surface area contributed by atoms with E-state index in [0.717, 1.165) is 5.56 Å². The lowest BCUT2D eigenvalue weighted by Crippen LogP contribution is -2.52. The van der Waals surface area contributed by atoms with Gasteiger partial charge in [-0.05, 0) is 31.5 Å². The van der Waals surface area contributed by atoms with E-state index in [9.17, 15) is 12.8 Å². The van der Waals surface area contributed by atoms with Crippen LogP contribution in [0.15, 0.2) is 23.1 Å². The van der Waals surface area contributed by atoms with E-state index >= 15 is 0 Å². The molecule has 0 unspecified atom stereocenters. The number of rotatable bonds is 2. The minimum Gasteiger partial charge on any atom is -0.314 e. The summed E-state index contributed by atoms with van der Waals surface area (Å²) < 4.78 is 39.9. The summed E-state index contributed by atoms with van der Waals surface area (Å²) in [6.45, 7) is 5.12. The third-order valence-corrected chi connectivity index (χ3v) is 5.14. The van der Waals surface area contributed by atoms with E-state index < -0.39 is 15.8 Å². The van der Waals surface area contributed by atoms with Crippen LogP contribution in [0.3, 0.4) is 0 Å². The number of nitrogens with one attached hydrogen (secondary N) is 1. The molecule has 2 rings (SSSR count). The van der Waals surface area contributed by atoms with Gasteiger partial charge in [-0.1, -0.05) is 6.07 Å². The van der Waals surface area contributed by atoms with Crippen molar-refractivity contribution in [2.24, 2.45) is 0 Å². The smallest absolute Gasteiger partial charge is 0.246 e. The standard InChI is InChI=1S/C12H17FN2O2S.ClH/c1-9-3-4-11(13)12(7-9)18(16,17)15-6-5-14-8-10(15)2;/h3-4,7,10,14H,5-6,8H2,1-2H3;1H/t10-;/m0./s1. The van der Waals surface area contributed by atoms with Gasteiger partial charge in [0, 0.05) is 25.7 Å². The number of hydrogen-bond acceptors (Lipinski definition) is 3. The highest BCUT2D eigenvalue weighted by molar-refractivity contribution is 7.89. The van der Waals surface area contributed by atoms with Gasteiger partial charge in [0.05, 0.1) is 0 Å². The highest BCUT2D eigenvalue weighted by Crippen LogP contribution is 2.22. The molecule has 0 aliphatic carbocycles. The molecule has 1 fully saturated rings. The first kappa shape index (κ1) is 16.4. The van der Waals surface area contributed by atoms with Gasteiger partial charge in [-0.15, -0.1) is 12.4 Å². The SMILES string of the molecule is Cc1ccc(F)c(S(=O)(=O)N2CCNC[C@@H]2C)c1.Cl. The second kappa shape index (κ2) is 6.17. The third-order valence-electron chi connectivity index (χ3n) is 3.11. The molecular formula is C12H18ClFN2O2S. The lowest BCUT2D eigenvalue weighted by molar-refractivity contribution is 0.283. The van der Waals surface area contributed by atoms with Gasteiger partial charge in [-0.3, -0.25) is 0 Å². The van der Waals surface area contributed by atoms with Crippen LogP contribution in [0, 0.1) is 12.7 Å². The fourth-order valence-corrected chi connectivity index (χ4v) is 3.90. The van der Waals surface area contributed by atoms with Gasteiger partial charge in [0.25, 0.3) is 0 Å². The summed E-state index contributed by atoms with van der Waals surface area (Å²) in [6.07, 6.45) is 0. The summed E-state index contributed by atoms with van der Waals surface area (Å²) in [4.78, 5) is -0.226. The van der Waals surface area contributed by atoms with Crippen molar-refractivity contribution in [2.75, 3.05) is 19.6 Å². The van der Waals surface area contributed by atoms with Gasteiger partial charge in [0.15, 0.2) is 0 Å². The Morgan fingerprint density at radius 1 is 1.42 bits per heavy atom. The van der Waals surface area contributed by atoms with Crippen LogP contribution in [-0.4, -0.2) is 38.4 Å². The molecule has 1 N–H and O–H groups in total. The Labute approximate surface area is 119 Å². The maximum absolute atomic E-state index is 13.7. The Kier molecular flexibility index (Phi) is 5.32. The van der Waals surface area contributed by atoms with Crippen LogP contribution in [0.5, 0.6) is 0 Å². The van der Waals surface area contributed by atoms with Gasteiger partial charge in [-0.25, -0.2) is 12.8 Å². The average molecular weight is 309 g/mol. The molecule has 0 saturated carbocycles. The van der Waals surface area contributed by atoms with Crippen LogP contribution in [0.4, 0.5) is 4.39 Å². The molecule has 4 nitrogen and oxygen atoms in total. The van der Waals surface area contributed by atoms with E-state index in [0.29, 0.717) is 19.6 Å². The molecule has 0 radical (unpaired) electrons. The number of aryl methyl sites for hydroxylation is 1. The predicted molar refractivity (Wildman–Crippen MR) is 74.6 cm³/mol. The largest absolute Gasteiger partial charge is 0.314 e. The number of piperazine rings is 1. The van der Waals surface area contributed by atoms with Crippen LogP contribution < -0.4 is 5.32 Å². The van der Waals surface area contributed by atoms with Gasteiger partial charge in [0.1, 0.15) is 10.7 Å². The minimum absolute atomic E-state index is 0. The predicted octanol–water partition coefficient (Wildman–Crippen LogP) is 1.54. The summed E-state index contributed by atoms with van der Waals surface area (Å²) in [7, 11) is -3.75. The lowest BCUT2D eigenvalue weighted by Gasteiger charge is -2.32. The molecule has 0 spiro atoms. The molecule has 7 heteroatoms. The fourth-order valence-electron chi connectivity index (χ4n) is 2.11. The third kappa shape index (κ3) is 3.25. The summed E-state index contributed by atoms with van der Waals surface area (Å²) in [5.41, 5.74) is 0.734. The highest BCUT2D eigenvalue weighted by atomic mass is 35.5. The van der Waals surface area contributed by atoms with Crippen LogP contribution in [0.1, 0.15) is 12.5 Å². The Hall–Kier alpha value is -0.690. The number of halogens is 2. The maximum atomic E-state index is 13.7. The Balaban J connectivity index is 0.00000180. The normalized spacial score (nSPS) is 20.9. The molecule has 0 aromatic heterocycles. The monoisotopic (exact) mass is 308 g/mol. The topological polar surface area (TPSA) is 49.4 Å². The summed E-state index contributed by atoms with van der Waals surface area (Å²) >= 11 is 0. The second-order valence-electron chi connectivity index (χ2n) is 4.60. The molecule has 1 heterocycles. The summed E-state index contributed by atoms with van der Waals surface area (Å²) in [6, 6.07) is 3.99. The minimum atomic E-state index is -3.75. The molecular weight excluding hydrogens is 291 g/mol. The van der Waals surface area contributed by atoms with Crippen molar-refractivity contribution >= 4 is 22.4 Å². The lowest BCUT2D eigenvalue weighted by atomic mass is 10.2. The van der Waals surface area contributed by atoms with Crippen LogP contribution in [0.25, 0.3) is 0 Å². The summed E-state index contributed by atoms with van der Waals surface area (Å²) in [5, 5.41) is 3.11. The fraction of sp³-hybridized carbons (Fsp3) is 0.500. The van der Waals surface area contributed by atoms with Gasteiger partial charge in [0.2, 0.25) is 10.0 Å². The Morgan fingerprint density at radius 2 is 2.11 bits per heavy atom. The Bertz CT molecular complexity index is 551. The molecule has 0 bridgehead atoms. The van der Waals surface area contributed by atoms with E-state index in [-0.39, 0.29) is 23.3 Å². The number of sulfonamides is 1. The van der Waals surface area contributed by atoms with Gasteiger partial charge < -0.3 is 5.32 Å². The number of nitrogens with zero attached hydrogens (tertiary/aromatic N) is 1. The van der Waals surface area contributed by atoms with Crippen molar-refractivity contribution in [3.63, 3.8) is 0 Å². The molecule has 1 saturated heterocycles. The van der Waals surface area contributed by atoms with Crippen LogP contribution >= 0.6 is 12.4 Å². The molecule has 0 amide bonds. The maximum Gasteiger partial charge on any atom is 0.246 e. The molecule has 108 valence electrons. The van der Waals surface area contributed by atoms with E-state index in [2.05, 4.69) is 5.32 Å². The quantitative estimate of drug-likeness (QED) is 0.901. The molecule has 1 aromatic rings. The first-order chi connectivity index (χ1) is 8.43. The molecule has 19 heavy (non-hydrogen) atoms. The second-order valence-corrected chi connectivity index (χ2v) is 6.46. The first-order valence-electron chi connectivity index (χ1n) is 5.91. The first-order valence-corrected chi connectivity index (χ1v) is 7.35. The van der Waals surface area contributed by atoms with Crippen molar-refractivity contribution < 1.29 is 12.8 Å². The zero-order chi connectivity index (χ0) is 13.3. The van der Waals surface area contributed by atoms with Crippen molar-refractivity contribution in [3.05, 3.63) is 29.6 Å². The molecule has 1 aliphatic rings. The zero-order valence-corrected chi connectivity index (χ0v) is 12.5.